The van der Waals surface area contributed by atoms with E-state index in [-0.39, 0.29) is 12.0 Å². The molecule has 4 heteroatoms. The van der Waals surface area contributed by atoms with Crippen LogP contribution in [0.15, 0.2) is 0 Å². The highest BCUT2D eigenvalue weighted by molar-refractivity contribution is 5.02. The summed E-state index contributed by atoms with van der Waals surface area (Å²) in [6.07, 6.45) is 6.53. The van der Waals surface area contributed by atoms with Crippen LogP contribution in [0.25, 0.3) is 0 Å². The van der Waals surface area contributed by atoms with Crippen molar-refractivity contribution in [3.05, 3.63) is 0 Å². The maximum absolute atomic E-state index is 10.1. The molecule has 0 aromatic carbocycles. The van der Waals surface area contributed by atoms with E-state index >= 15 is 0 Å². The van der Waals surface area contributed by atoms with Gasteiger partial charge in [-0.2, -0.15) is 5.26 Å². The average Bonchev–Trinajstić information content (AvgIpc) is 2.79. The van der Waals surface area contributed by atoms with Crippen LogP contribution in [0.1, 0.15) is 45.4 Å². The zero-order chi connectivity index (χ0) is 15.4. The van der Waals surface area contributed by atoms with Gasteiger partial charge in [-0.05, 0) is 45.7 Å². The molecule has 5 atom stereocenters. The zero-order valence-corrected chi connectivity index (χ0v) is 13.8. The molecular weight excluding hydrogens is 262 g/mol. The van der Waals surface area contributed by atoms with Crippen LogP contribution in [0.5, 0.6) is 0 Å². The average molecular weight is 293 g/mol. The van der Waals surface area contributed by atoms with Crippen LogP contribution in [0, 0.1) is 23.2 Å². The monoisotopic (exact) mass is 293 g/mol. The maximum Gasteiger partial charge on any atom is 0.0682 e. The molecule has 21 heavy (non-hydrogen) atoms. The van der Waals surface area contributed by atoms with Gasteiger partial charge in [0.2, 0.25) is 0 Å². The highest BCUT2D eigenvalue weighted by atomic mass is 16.3. The van der Waals surface area contributed by atoms with E-state index in [1.165, 1.54) is 19.3 Å². The van der Waals surface area contributed by atoms with Crippen molar-refractivity contribution in [3.8, 4) is 6.07 Å². The fourth-order valence-electron chi connectivity index (χ4n) is 4.34. The van der Waals surface area contributed by atoms with Crippen molar-refractivity contribution in [2.75, 3.05) is 27.2 Å². The van der Waals surface area contributed by atoms with Crippen LogP contribution in [-0.2, 0) is 0 Å². The minimum absolute atomic E-state index is 0.146. The van der Waals surface area contributed by atoms with E-state index in [1.807, 2.05) is 0 Å². The van der Waals surface area contributed by atoms with Gasteiger partial charge in [0, 0.05) is 25.2 Å². The lowest BCUT2D eigenvalue weighted by atomic mass is 9.76. The van der Waals surface area contributed by atoms with Gasteiger partial charge < -0.3 is 10.0 Å². The van der Waals surface area contributed by atoms with Crippen molar-refractivity contribution in [1.29, 1.82) is 5.26 Å². The molecule has 120 valence electrons. The van der Waals surface area contributed by atoms with Gasteiger partial charge in [-0.3, -0.25) is 4.90 Å². The van der Waals surface area contributed by atoms with E-state index in [4.69, 9.17) is 0 Å². The molecule has 0 aromatic rings. The van der Waals surface area contributed by atoms with Crippen LogP contribution < -0.4 is 0 Å². The van der Waals surface area contributed by atoms with Crippen LogP contribution in [0.3, 0.4) is 0 Å². The molecule has 1 aliphatic heterocycles. The molecule has 2 fully saturated rings. The molecule has 5 unspecified atom stereocenters. The molecule has 0 amide bonds. The summed E-state index contributed by atoms with van der Waals surface area (Å²) >= 11 is 0. The Balaban J connectivity index is 2.08. The van der Waals surface area contributed by atoms with Crippen molar-refractivity contribution < 1.29 is 5.11 Å². The zero-order valence-electron chi connectivity index (χ0n) is 13.8. The lowest BCUT2D eigenvalue weighted by Crippen LogP contribution is -2.49. The summed E-state index contributed by atoms with van der Waals surface area (Å²) in [5.74, 6) is 0.912. The van der Waals surface area contributed by atoms with E-state index in [0.717, 1.165) is 38.3 Å². The molecule has 1 saturated carbocycles. The third kappa shape index (κ3) is 4.18. The molecule has 4 nitrogen and oxygen atoms in total. The number of hydrogen-bond acceptors (Lipinski definition) is 4. The van der Waals surface area contributed by atoms with Crippen molar-refractivity contribution in [2.45, 2.75) is 63.6 Å². The summed E-state index contributed by atoms with van der Waals surface area (Å²) < 4.78 is 0. The standard InChI is InChI=1S/C17H31N3O/c1-4-5-13-6-7-14(10-18)17(8-13)20-12-16(21)9-15(20)11-19(2)3/h13-17,21H,4-9,11-12H2,1-3H3. The van der Waals surface area contributed by atoms with Crippen LogP contribution >= 0.6 is 0 Å². The first-order valence-corrected chi connectivity index (χ1v) is 8.53. The second-order valence-electron chi connectivity index (χ2n) is 7.27. The summed E-state index contributed by atoms with van der Waals surface area (Å²) in [7, 11) is 4.18. The second-order valence-corrected chi connectivity index (χ2v) is 7.27. The van der Waals surface area contributed by atoms with Crippen molar-refractivity contribution >= 4 is 0 Å². The van der Waals surface area contributed by atoms with Gasteiger partial charge in [-0.1, -0.05) is 19.8 Å². The Hall–Kier alpha value is -0.630. The number of aliphatic hydroxyl groups is 1. The number of nitrogens with zero attached hydrogens (tertiary/aromatic N) is 3. The van der Waals surface area contributed by atoms with Crippen LogP contribution in [0.2, 0.25) is 0 Å². The molecule has 0 radical (unpaired) electrons. The van der Waals surface area contributed by atoms with Gasteiger partial charge in [0.05, 0.1) is 18.1 Å². The summed E-state index contributed by atoms with van der Waals surface area (Å²) in [4.78, 5) is 4.66. The highest BCUT2D eigenvalue weighted by Gasteiger charge is 2.41. The third-order valence-electron chi connectivity index (χ3n) is 5.22. The Bertz CT molecular complexity index is 366. The Morgan fingerprint density at radius 1 is 1.29 bits per heavy atom. The third-order valence-corrected chi connectivity index (χ3v) is 5.22. The first-order valence-electron chi connectivity index (χ1n) is 8.53. The Labute approximate surface area is 129 Å². The lowest BCUT2D eigenvalue weighted by Gasteiger charge is -2.41. The van der Waals surface area contributed by atoms with E-state index in [9.17, 15) is 10.4 Å². The fourth-order valence-corrected chi connectivity index (χ4v) is 4.34. The minimum atomic E-state index is -0.221. The van der Waals surface area contributed by atoms with E-state index in [1.54, 1.807) is 0 Å². The van der Waals surface area contributed by atoms with Crippen LogP contribution in [0.4, 0.5) is 0 Å². The number of rotatable bonds is 5. The molecule has 0 aromatic heterocycles. The van der Waals surface area contributed by atoms with Gasteiger partial charge in [0.25, 0.3) is 0 Å². The first kappa shape index (κ1) is 16.7. The van der Waals surface area contributed by atoms with Crippen molar-refractivity contribution in [2.24, 2.45) is 11.8 Å². The summed E-state index contributed by atoms with van der Waals surface area (Å²) in [5.41, 5.74) is 0. The number of hydrogen-bond donors (Lipinski definition) is 1. The van der Waals surface area contributed by atoms with E-state index in [0.29, 0.717) is 12.1 Å². The largest absolute Gasteiger partial charge is 0.392 e. The normalized spacial score (nSPS) is 37.8. The predicted octanol–water partition coefficient (Wildman–Crippen LogP) is 2.09. The molecule has 1 saturated heterocycles. The molecule has 0 bridgehead atoms. The van der Waals surface area contributed by atoms with Gasteiger partial charge >= 0.3 is 0 Å². The van der Waals surface area contributed by atoms with E-state index < -0.39 is 0 Å². The highest BCUT2D eigenvalue weighted by Crippen LogP contribution is 2.37. The molecular formula is C17H31N3O. The van der Waals surface area contributed by atoms with E-state index in [2.05, 4.69) is 36.9 Å². The van der Waals surface area contributed by atoms with Crippen molar-refractivity contribution in [1.82, 2.24) is 9.80 Å². The molecule has 1 heterocycles. The lowest BCUT2D eigenvalue weighted by molar-refractivity contribution is 0.0695. The molecule has 2 rings (SSSR count). The summed E-state index contributed by atoms with van der Waals surface area (Å²) in [6, 6.07) is 3.29. The number of likely N-dealkylation sites (tertiary alicyclic amines) is 1. The predicted molar refractivity (Wildman–Crippen MR) is 84.8 cm³/mol. The Morgan fingerprint density at radius 2 is 2.05 bits per heavy atom. The smallest absolute Gasteiger partial charge is 0.0682 e. The quantitative estimate of drug-likeness (QED) is 0.843. The molecule has 0 spiro atoms. The first-order chi connectivity index (χ1) is 10.0. The number of nitriles is 1. The Kier molecular flexibility index (Phi) is 6.04. The number of aliphatic hydroxyl groups excluding tert-OH is 1. The van der Waals surface area contributed by atoms with Crippen LogP contribution in [-0.4, -0.2) is 60.3 Å². The molecule has 1 N–H and O–H groups in total. The summed E-state index contributed by atoms with van der Waals surface area (Å²) in [5, 5.41) is 19.6. The second kappa shape index (κ2) is 7.58. The number of β-amino-alcohol motifs (C(OH)–C–C–N with tert-alkyl or cyclic N) is 1. The topological polar surface area (TPSA) is 50.5 Å². The van der Waals surface area contributed by atoms with Gasteiger partial charge in [-0.25, -0.2) is 0 Å². The number of likely N-dealkylation sites (N-methyl/N-ethyl adjacent to an activating group) is 1. The molecule has 2 aliphatic rings. The van der Waals surface area contributed by atoms with Gasteiger partial charge in [0.1, 0.15) is 0 Å². The fraction of sp³-hybridized carbons (Fsp3) is 0.941. The Morgan fingerprint density at radius 3 is 2.67 bits per heavy atom. The SMILES string of the molecule is CCCC1CCC(C#N)C(N2CC(O)CC2CN(C)C)C1. The summed E-state index contributed by atoms with van der Waals surface area (Å²) in [6.45, 7) is 3.98. The van der Waals surface area contributed by atoms with Gasteiger partial charge in [0.15, 0.2) is 0 Å². The molecule has 1 aliphatic carbocycles. The minimum Gasteiger partial charge on any atom is -0.392 e. The van der Waals surface area contributed by atoms with Gasteiger partial charge in [-0.15, -0.1) is 0 Å². The maximum atomic E-state index is 10.1. The van der Waals surface area contributed by atoms with Crippen molar-refractivity contribution in [3.63, 3.8) is 0 Å².